The topological polar surface area (TPSA) is 17.1 Å². The van der Waals surface area contributed by atoms with Crippen molar-refractivity contribution in [3.63, 3.8) is 0 Å². The summed E-state index contributed by atoms with van der Waals surface area (Å²) in [5, 5.41) is 0. The first-order chi connectivity index (χ1) is 9.81. The normalized spacial score (nSPS) is 34.9. The molecule has 0 aromatic carbocycles. The van der Waals surface area contributed by atoms with Crippen LogP contribution in [-0.4, -0.2) is 6.29 Å². The average Bonchev–Trinajstić information content (AvgIpc) is 2.50. The summed E-state index contributed by atoms with van der Waals surface area (Å²) in [6.07, 6.45) is 19.3. The predicted molar refractivity (Wildman–Crippen MR) is 85.7 cm³/mol. The van der Waals surface area contributed by atoms with Crippen LogP contribution >= 0.6 is 0 Å². The van der Waals surface area contributed by atoms with Crippen molar-refractivity contribution in [2.45, 2.75) is 90.4 Å². The minimum absolute atomic E-state index is 0.389. The number of carbonyl (C=O) groups is 1. The van der Waals surface area contributed by atoms with E-state index in [4.69, 9.17) is 0 Å². The van der Waals surface area contributed by atoms with Crippen molar-refractivity contribution < 1.29 is 4.79 Å². The summed E-state index contributed by atoms with van der Waals surface area (Å²) < 4.78 is 0. The van der Waals surface area contributed by atoms with E-state index in [0.717, 1.165) is 17.8 Å². The van der Waals surface area contributed by atoms with Crippen molar-refractivity contribution in [3.05, 3.63) is 0 Å². The average molecular weight is 278 g/mol. The van der Waals surface area contributed by atoms with Crippen molar-refractivity contribution in [3.8, 4) is 0 Å². The van der Waals surface area contributed by atoms with E-state index in [1.54, 1.807) is 0 Å². The van der Waals surface area contributed by atoms with Crippen LogP contribution < -0.4 is 0 Å². The van der Waals surface area contributed by atoms with Crippen LogP contribution in [0.5, 0.6) is 0 Å². The number of carbonyl (C=O) groups excluding carboxylic acids is 1. The monoisotopic (exact) mass is 278 g/mol. The van der Waals surface area contributed by atoms with Crippen LogP contribution in [0.2, 0.25) is 0 Å². The lowest BCUT2D eigenvalue weighted by Gasteiger charge is -2.33. The molecule has 0 aromatic heterocycles. The molecule has 0 N–H and O–H groups in total. The number of unbranched alkanes of at least 4 members (excludes halogenated alkanes) is 2. The van der Waals surface area contributed by atoms with E-state index in [2.05, 4.69) is 6.92 Å². The summed E-state index contributed by atoms with van der Waals surface area (Å²) in [5.74, 6) is 3.38. The highest BCUT2D eigenvalue weighted by molar-refractivity contribution is 5.53. The molecule has 0 atom stereocenters. The molecule has 0 amide bonds. The second-order valence-corrected chi connectivity index (χ2v) is 7.54. The highest BCUT2D eigenvalue weighted by Crippen LogP contribution is 2.39. The number of hydrogen-bond donors (Lipinski definition) is 0. The fourth-order valence-corrected chi connectivity index (χ4v) is 4.47. The van der Waals surface area contributed by atoms with E-state index in [0.29, 0.717) is 5.92 Å². The molecular weight excluding hydrogens is 244 g/mol. The molecule has 0 bridgehead atoms. The Bertz CT molecular complexity index is 257. The molecule has 116 valence electrons. The molecule has 2 rings (SSSR count). The van der Waals surface area contributed by atoms with Gasteiger partial charge in [0.1, 0.15) is 6.29 Å². The lowest BCUT2D eigenvalue weighted by Crippen LogP contribution is -2.21. The molecule has 2 aliphatic carbocycles. The lowest BCUT2D eigenvalue weighted by atomic mass is 9.73. The van der Waals surface area contributed by atoms with Crippen LogP contribution in [0.15, 0.2) is 0 Å². The summed E-state index contributed by atoms with van der Waals surface area (Å²) in [7, 11) is 0. The van der Waals surface area contributed by atoms with E-state index in [-0.39, 0.29) is 0 Å². The van der Waals surface area contributed by atoms with Gasteiger partial charge < -0.3 is 4.79 Å². The van der Waals surface area contributed by atoms with E-state index < -0.39 is 0 Å². The molecule has 2 fully saturated rings. The summed E-state index contributed by atoms with van der Waals surface area (Å²) in [4.78, 5) is 10.8. The third-order valence-corrected chi connectivity index (χ3v) is 5.93. The van der Waals surface area contributed by atoms with Crippen molar-refractivity contribution in [2.24, 2.45) is 23.7 Å². The van der Waals surface area contributed by atoms with Crippen LogP contribution in [0.4, 0.5) is 0 Å². The minimum Gasteiger partial charge on any atom is -0.303 e. The van der Waals surface area contributed by atoms with Gasteiger partial charge in [-0.3, -0.25) is 0 Å². The highest BCUT2D eigenvalue weighted by Gasteiger charge is 2.26. The third-order valence-electron chi connectivity index (χ3n) is 5.93. The van der Waals surface area contributed by atoms with Crippen molar-refractivity contribution in [1.82, 2.24) is 0 Å². The molecule has 0 aliphatic heterocycles. The van der Waals surface area contributed by atoms with Crippen molar-refractivity contribution >= 4 is 6.29 Å². The molecule has 0 heterocycles. The fraction of sp³-hybridized carbons (Fsp3) is 0.947. The van der Waals surface area contributed by atoms with Gasteiger partial charge in [-0.2, -0.15) is 0 Å². The van der Waals surface area contributed by atoms with Gasteiger partial charge in [0.05, 0.1) is 0 Å². The number of aldehydes is 1. The first-order valence-corrected chi connectivity index (χ1v) is 9.27. The SMILES string of the molecule is CCCCCC1CCC(CC2CCC(C=O)CC2)CC1. The molecule has 0 saturated heterocycles. The molecule has 0 spiro atoms. The third kappa shape index (κ3) is 5.22. The van der Waals surface area contributed by atoms with E-state index >= 15 is 0 Å². The van der Waals surface area contributed by atoms with Gasteiger partial charge in [-0.1, -0.05) is 58.3 Å². The lowest BCUT2D eigenvalue weighted by molar-refractivity contribution is -0.112. The van der Waals surface area contributed by atoms with Crippen LogP contribution in [0, 0.1) is 23.7 Å². The Morgan fingerprint density at radius 1 is 0.800 bits per heavy atom. The maximum atomic E-state index is 10.8. The summed E-state index contributed by atoms with van der Waals surface area (Å²) >= 11 is 0. The van der Waals surface area contributed by atoms with Crippen LogP contribution in [0.3, 0.4) is 0 Å². The molecule has 0 unspecified atom stereocenters. The van der Waals surface area contributed by atoms with E-state index in [1.807, 2.05) is 0 Å². The Morgan fingerprint density at radius 2 is 1.35 bits per heavy atom. The first kappa shape index (κ1) is 16.0. The zero-order valence-corrected chi connectivity index (χ0v) is 13.5. The molecule has 2 saturated carbocycles. The van der Waals surface area contributed by atoms with Gasteiger partial charge in [0.15, 0.2) is 0 Å². The molecule has 0 radical (unpaired) electrons. The Kier molecular flexibility index (Phi) is 7.10. The number of hydrogen-bond acceptors (Lipinski definition) is 1. The maximum absolute atomic E-state index is 10.8. The smallest absolute Gasteiger partial charge is 0.123 e. The van der Waals surface area contributed by atoms with Gasteiger partial charge in [-0.05, 0) is 49.9 Å². The van der Waals surface area contributed by atoms with Gasteiger partial charge in [0.25, 0.3) is 0 Å². The van der Waals surface area contributed by atoms with E-state index in [9.17, 15) is 4.79 Å². The van der Waals surface area contributed by atoms with Gasteiger partial charge in [0.2, 0.25) is 0 Å². The zero-order valence-electron chi connectivity index (χ0n) is 13.5. The van der Waals surface area contributed by atoms with Crippen LogP contribution in [0.25, 0.3) is 0 Å². The highest BCUT2D eigenvalue weighted by atomic mass is 16.1. The zero-order chi connectivity index (χ0) is 14.2. The molecule has 20 heavy (non-hydrogen) atoms. The Morgan fingerprint density at radius 3 is 1.90 bits per heavy atom. The first-order valence-electron chi connectivity index (χ1n) is 9.27. The quantitative estimate of drug-likeness (QED) is 0.427. The molecule has 0 aromatic rings. The molecular formula is C19H34O. The summed E-state index contributed by atoms with van der Waals surface area (Å²) in [6.45, 7) is 2.30. The van der Waals surface area contributed by atoms with Gasteiger partial charge >= 0.3 is 0 Å². The van der Waals surface area contributed by atoms with Gasteiger partial charge in [0, 0.05) is 5.92 Å². The van der Waals surface area contributed by atoms with Crippen LogP contribution in [0.1, 0.15) is 90.4 Å². The second-order valence-electron chi connectivity index (χ2n) is 7.54. The van der Waals surface area contributed by atoms with Gasteiger partial charge in [-0.25, -0.2) is 0 Å². The van der Waals surface area contributed by atoms with E-state index in [1.165, 1.54) is 89.8 Å². The fourth-order valence-electron chi connectivity index (χ4n) is 4.47. The second kappa shape index (κ2) is 8.85. The standard InChI is InChI=1S/C19H34O/c1-2-3-4-5-16-6-8-17(9-7-16)14-18-10-12-19(15-20)13-11-18/h15-19H,2-14H2,1H3. The summed E-state index contributed by atoms with van der Waals surface area (Å²) in [6, 6.07) is 0. The van der Waals surface area contributed by atoms with Crippen molar-refractivity contribution in [2.75, 3.05) is 0 Å². The predicted octanol–water partition coefficient (Wildman–Crippen LogP) is 5.77. The Labute approximate surface area is 125 Å². The largest absolute Gasteiger partial charge is 0.303 e. The summed E-state index contributed by atoms with van der Waals surface area (Å²) in [5.41, 5.74) is 0. The molecule has 1 nitrogen and oxygen atoms in total. The molecule has 1 heteroatoms. The Hall–Kier alpha value is -0.330. The maximum Gasteiger partial charge on any atom is 0.123 e. The van der Waals surface area contributed by atoms with Crippen molar-refractivity contribution in [1.29, 1.82) is 0 Å². The minimum atomic E-state index is 0.389. The Balaban J connectivity index is 1.59. The van der Waals surface area contributed by atoms with Crippen LogP contribution in [-0.2, 0) is 4.79 Å². The van der Waals surface area contributed by atoms with Gasteiger partial charge in [-0.15, -0.1) is 0 Å². The number of rotatable bonds is 7. The molecule has 2 aliphatic rings.